The third-order valence-corrected chi connectivity index (χ3v) is 2.82. The van der Waals surface area contributed by atoms with Gasteiger partial charge in [0.2, 0.25) is 0 Å². The van der Waals surface area contributed by atoms with E-state index in [1.165, 1.54) is 0 Å². The molecular weight excluding hydrogens is 258 g/mol. The first-order valence-corrected chi connectivity index (χ1v) is 6.87. The van der Waals surface area contributed by atoms with Crippen LogP contribution in [0.5, 0.6) is 0 Å². The summed E-state index contributed by atoms with van der Waals surface area (Å²) in [5.41, 5.74) is 0.365. The van der Waals surface area contributed by atoms with Crippen LogP contribution in [0.15, 0.2) is 12.3 Å². The highest BCUT2D eigenvalue weighted by Crippen LogP contribution is 2.09. The number of carbonyl (C=O) groups excluding carboxylic acids is 1. The highest BCUT2D eigenvalue weighted by Gasteiger charge is 2.20. The Hall–Kier alpha value is -1.85. The van der Waals surface area contributed by atoms with E-state index in [-0.39, 0.29) is 30.8 Å². The zero-order valence-electron chi connectivity index (χ0n) is 12.5. The van der Waals surface area contributed by atoms with Crippen molar-refractivity contribution < 1.29 is 14.7 Å². The number of hydrogen-bond acceptors (Lipinski definition) is 3. The van der Waals surface area contributed by atoms with E-state index < -0.39 is 5.97 Å². The molecule has 0 saturated carbocycles. The molecule has 0 aliphatic rings. The Labute approximate surface area is 119 Å². The fraction of sp³-hybridized carbons (Fsp3) is 0.643. The minimum atomic E-state index is -0.903. The highest BCUT2D eigenvalue weighted by molar-refractivity contribution is 5.92. The van der Waals surface area contributed by atoms with Crippen LogP contribution in [0.2, 0.25) is 0 Å². The summed E-state index contributed by atoms with van der Waals surface area (Å²) >= 11 is 0. The normalized spacial score (nSPS) is 11.1. The van der Waals surface area contributed by atoms with Gasteiger partial charge in [-0.05, 0) is 25.8 Å². The maximum Gasteiger partial charge on any atom is 0.305 e. The summed E-state index contributed by atoms with van der Waals surface area (Å²) < 4.78 is 1.72. The molecule has 0 aliphatic heterocycles. The van der Waals surface area contributed by atoms with Gasteiger partial charge >= 0.3 is 5.97 Å². The molecule has 0 aromatic carbocycles. The average Bonchev–Trinajstić information content (AvgIpc) is 2.82. The summed E-state index contributed by atoms with van der Waals surface area (Å²) in [6.07, 6.45) is 1.71. The number of hydrogen-bond donors (Lipinski definition) is 1. The van der Waals surface area contributed by atoms with Gasteiger partial charge in [-0.25, -0.2) is 0 Å². The second-order valence-corrected chi connectivity index (χ2v) is 5.56. The number of aliphatic carboxylic acids is 1. The molecule has 1 N–H and O–H groups in total. The Kier molecular flexibility index (Phi) is 5.73. The quantitative estimate of drug-likeness (QED) is 0.829. The summed E-state index contributed by atoms with van der Waals surface area (Å²) in [5.74, 6) is -0.835. The molecule has 0 unspecified atom stereocenters. The van der Waals surface area contributed by atoms with Crippen molar-refractivity contribution in [1.82, 2.24) is 14.7 Å². The van der Waals surface area contributed by atoms with Crippen LogP contribution in [0, 0.1) is 5.92 Å². The van der Waals surface area contributed by atoms with E-state index in [0.717, 1.165) is 0 Å². The van der Waals surface area contributed by atoms with Gasteiger partial charge in [0, 0.05) is 25.3 Å². The molecule has 0 radical (unpaired) electrons. The maximum atomic E-state index is 12.4. The first-order chi connectivity index (χ1) is 9.31. The van der Waals surface area contributed by atoms with E-state index in [4.69, 9.17) is 5.11 Å². The Morgan fingerprint density at radius 2 is 2.00 bits per heavy atom. The van der Waals surface area contributed by atoms with Crippen LogP contribution in [0.25, 0.3) is 0 Å². The zero-order valence-corrected chi connectivity index (χ0v) is 12.5. The number of carboxylic acids is 1. The molecule has 1 aromatic heterocycles. The third kappa shape index (κ3) is 4.68. The van der Waals surface area contributed by atoms with E-state index in [1.807, 2.05) is 27.7 Å². The van der Waals surface area contributed by atoms with E-state index >= 15 is 0 Å². The van der Waals surface area contributed by atoms with Gasteiger partial charge in [0.25, 0.3) is 5.91 Å². The lowest BCUT2D eigenvalue weighted by atomic mass is 10.2. The number of nitrogens with zero attached hydrogens (tertiary/aromatic N) is 3. The predicted molar refractivity (Wildman–Crippen MR) is 75.6 cm³/mol. The lowest BCUT2D eigenvalue weighted by Gasteiger charge is -2.23. The van der Waals surface area contributed by atoms with Crippen molar-refractivity contribution in [2.75, 3.05) is 13.1 Å². The van der Waals surface area contributed by atoms with Crippen molar-refractivity contribution in [2.24, 2.45) is 5.92 Å². The number of rotatable bonds is 7. The molecule has 1 heterocycles. The van der Waals surface area contributed by atoms with Gasteiger partial charge in [-0.3, -0.25) is 14.3 Å². The molecule has 6 heteroatoms. The molecule has 0 bridgehead atoms. The molecule has 0 aliphatic carbocycles. The second-order valence-electron chi connectivity index (χ2n) is 5.56. The van der Waals surface area contributed by atoms with Crippen LogP contribution < -0.4 is 0 Å². The predicted octanol–water partition coefficient (Wildman–Crippen LogP) is 2.04. The van der Waals surface area contributed by atoms with E-state index in [2.05, 4.69) is 5.10 Å². The van der Waals surface area contributed by atoms with Crippen LogP contribution in [-0.2, 0) is 4.79 Å². The van der Waals surface area contributed by atoms with E-state index in [1.54, 1.807) is 21.8 Å². The fourth-order valence-electron chi connectivity index (χ4n) is 1.85. The van der Waals surface area contributed by atoms with Crippen LogP contribution in [-0.4, -0.2) is 44.8 Å². The zero-order chi connectivity index (χ0) is 15.3. The number of carbonyl (C=O) groups is 2. The molecular formula is C14H23N3O3. The second kappa shape index (κ2) is 7.07. The maximum absolute atomic E-state index is 12.4. The summed E-state index contributed by atoms with van der Waals surface area (Å²) in [6, 6.07) is 1.87. The highest BCUT2D eigenvalue weighted by atomic mass is 16.4. The van der Waals surface area contributed by atoms with Crippen LogP contribution >= 0.6 is 0 Å². The van der Waals surface area contributed by atoms with Gasteiger partial charge in [-0.15, -0.1) is 0 Å². The molecule has 1 amide bonds. The standard InChI is InChI=1S/C14H23N3O3/c1-10(2)9-16(7-6-13(18)19)14(20)12-5-8-17(15-12)11(3)4/h5,8,10-11H,6-7,9H2,1-4H3,(H,18,19). The SMILES string of the molecule is CC(C)CN(CCC(=O)O)C(=O)c1ccn(C(C)C)n1. The topological polar surface area (TPSA) is 75.4 Å². The first-order valence-electron chi connectivity index (χ1n) is 6.87. The summed E-state index contributed by atoms with van der Waals surface area (Å²) in [4.78, 5) is 24.6. The molecule has 1 rings (SSSR count). The van der Waals surface area contributed by atoms with Gasteiger partial charge < -0.3 is 10.0 Å². The molecule has 112 valence electrons. The number of amides is 1. The van der Waals surface area contributed by atoms with Gasteiger partial charge in [-0.1, -0.05) is 13.8 Å². The lowest BCUT2D eigenvalue weighted by molar-refractivity contribution is -0.137. The first kappa shape index (κ1) is 16.2. The molecule has 0 atom stereocenters. The molecule has 0 saturated heterocycles. The van der Waals surface area contributed by atoms with Crippen molar-refractivity contribution in [1.29, 1.82) is 0 Å². The van der Waals surface area contributed by atoms with Crippen molar-refractivity contribution in [3.8, 4) is 0 Å². The largest absolute Gasteiger partial charge is 0.481 e. The number of carboxylic acid groups (broad SMARTS) is 1. The minimum Gasteiger partial charge on any atom is -0.481 e. The van der Waals surface area contributed by atoms with Gasteiger partial charge in [0.1, 0.15) is 5.69 Å². The van der Waals surface area contributed by atoms with Gasteiger partial charge in [-0.2, -0.15) is 5.10 Å². The third-order valence-electron chi connectivity index (χ3n) is 2.82. The lowest BCUT2D eigenvalue weighted by Crippen LogP contribution is -2.36. The summed E-state index contributed by atoms with van der Waals surface area (Å²) in [6.45, 7) is 8.69. The van der Waals surface area contributed by atoms with Crippen LogP contribution in [0.3, 0.4) is 0 Å². The molecule has 6 nitrogen and oxygen atoms in total. The van der Waals surface area contributed by atoms with Crippen molar-refractivity contribution in [3.05, 3.63) is 18.0 Å². The Morgan fingerprint density at radius 1 is 1.35 bits per heavy atom. The molecule has 1 aromatic rings. The number of aromatic nitrogens is 2. The molecule has 0 spiro atoms. The Morgan fingerprint density at radius 3 is 2.45 bits per heavy atom. The monoisotopic (exact) mass is 281 g/mol. The summed E-state index contributed by atoms with van der Waals surface area (Å²) in [7, 11) is 0. The average molecular weight is 281 g/mol. The van der Waals surface area contributed by atoms with Gasteiger partial charge in [0.05, 0.1) is 6.42 Å². The van der Waals surface area contributed by atoms with Crippen molar-refractivity contribution >= 4 is 11.9 Å². The Bertz CT molecular complexity index is 466. The van der Waals surface area contributed by atoms with Crippen molar-refractivity contribution in [2.45, 2.75) is 40.2 Å². The van der Waals surface area contributed by atoms with Crippen LogP contribution in [0.4, 0.5) is 0 Å². The van der Waals surface area contributed by atoms with E-state index in [0.29, 0.717) is 12.2 Å². The minimum absolute atomic E-state index is 0.0522. The van der Waals surface area contributed by atoms with Crippen molar-refractivity contribution in [3.63, 3.8) is 0 Å². The van der Waals surface area contributed by atoms with Gasteiger partial charge in [0.15, 0.2) is 0 Å². The molecule has 0 fully saturated rings. The fourth-order valence-corrected chi connectivity index (χ4v) is 1.85. The molecule has 20 heavy (non-hydrogen) atoms. The smallest absolute Gasteiger partial charge is 0.305 e. The summed E-state index contributed by atoms with van der Waals surface area (Å²) in [5, 5.41) is 13.0. The Balaban J connectivity index is 2.82. The van der Waals surface area contributed by atoms with Crippen LogP contribution in [0.1, 0.15) is 50.6 Å². The van der Waals surface area contributed by atoms with E-state index in [9.17, 15) is 9.59 Å².